The topological polar surface area (TPSA) is 80.9 Å². The van der Waals surface area contributed by atoms with Crippen LogP contribution in [0.5, 0.6) is 11.5 Å². The number of benzene rings is 2. The van der Waals surface area contributed by atoms with Gasteiger partial charge in [-0.25, -0.2) is 0 Å². The first-order valence-electron chi connectivity index (χ1n) is 9.42. The minimum absolute atomic E-state index is 0.185. The minimum atomic E-state index is -0.230. The summed E-state index contributed by atoms with van der Waals surface area (Å²) in [5.74, 6) is 2.55. The molecule has 1 heterocycles. The number of methoxy groups -OCH3 is 1. The van der Waals surface area contributed by atoms with Crippen LogP contribution in [0.15, 0.2) is 59.0 Å². The van der Waals surface area contributed by atoms with E-state index in [1.165, 1.54) is 0 Å². The van der Waals surface area contributed by atoms with Crippen LogP contribution in [0.2, 0.25) is 0 Å². The predicted molar refractivity (Wildman–Crippen MR) is 111 cm³/mol. The number of amides is 1. The van der Waals surface area contributed by atoms with Crippen LogP contribution >= 0.6 is 0 Å². The predicted octanol–water partition coefficient (Wildman–Crippen LogP) is 4.73. The number of anilines is 1. The molecule has 2 aromatic carbocycles. The summed E-state index contributed by atoms with van der Waals surface area (Å²) in [5.41, 5.74) is 1.81. The highest BCUT2D eigenvalue weighted by Crippen LogP contribution is 2.34. The molecule has 2 N–H and O–H groups in total. The lowest BCUT2D eigenvalue weighted by molar-refractivity contribution is 0.102. The Kier molecular flexibility index (Phi) is 6.57. The zero-order valence-corrected chi connectivity index (χ0v) is 16.8. The van der Waals surface area contributed by atoms with Gasteiger partial charge in [0, 0.05) is 11.3 Å². The van der Waals surface area contributed by atoms with Crippen LogP contribution in [0.3, 0.4) is 0 Å². The molecule has 0 aliphatic rings. The van der Waals surface area contributed by atoms with Crippen LogP contribution in [0.4, 0.5) is 5.69 Å². The number of furan rings is 1. The number of ether oxygens (including phenoxy) is 2. The van der Waals surface area contributed by atoms with E-state index in [0.29, 0.717) is 46.6 Å². The number of aliphatic hydroxyl groups excluding tert-OH is 1. The first kappa shape index (κ1) is 20.5. The highest BCUT2D eigenvalue weighted by Gasteiger charge is 2.13. The van der Waals surface area contributed by atoms with E-state index in [9.17, 15) is 9.90 Å². The summed E-state index contributed by atoms with van der Waals surface area (Å²) >= 11 is 0. The fourth-order valence-corrected chi connectivity index (χ4v) is 2.75. The number of rotatable bonds is 8. The molecule has 0 unspecified atom stereocenters. The van der Waals surface area contributed by atoms with Crippen molar-refractivity contribution < 1.29 is 23.8 Å². The molecule has 0 spiro atoms. The summed E-state index contributed by atoms with van der Waals surface area (Å²) in [7, 11) is 1.57. The fourth-order valence-electron chi connectivity index (χ4n) is 2.75. The standard InChI is InChI=1S/C23H25NO5/c1-15(2)14-28-18-7-4-16(5-8-18)23(26)24-17-6-10-21(27-3)20(12-17)22-11-9-19(13-25)29-22/h4-12,15,25H,13-14H2,1-3H3,(H,24,26). The Morgan fingerprint density at radius 3 is 2.48 bits per heavy atom. The van der Waals surface area contributed by atoms with Gasteiger partial charge in [-0.05, 0) is 60.5 Å². The summed E-state index contributed by atoms with van der Waals surface area (Å²) in [6.45, 7) is 4.61. The van der Waals surface area contributed by atoms with Gasteiger partial charge in [-0.3, -0.25) is 4.79 Å². The molecule has 0 fully saturated rings. The van der Waals surface area contributed by atoms with Crippen molar-refractivity contribution in [1.82, 2.24) is 0 Å². The summed E-state index contributed by atoms with van der Waals surface area (Å²) in [4.78, 5) is 12.6. The SMILES string of the molecule is COc1ccc(NC(=O)c2ccc(OCC(C)C)cc2)cc1-c1ccc(CO)o1. The number of nitrogens with one attached hydrogen (secondary N) is 1. The van der Waals surface area contributed by atoms with Crippen molar-refractivity contribution in [2.24, 2.45) is 5.92 Å². The number of carbonyl (C=O) groups excluding carboxylic acids is 1. The Labute approximate surface area is 170 Å². The molecule has 0 bridgehead atoms. The smallest absolute Gasteiger partial charge is 0.255 e. The number of aliphatic hydroxyl groups is 1. The molecule has 6 heteroatoms. The van der Waals surface area contributed by atoms with Gasteiger partial charge in [-0.2, -0.15) is 0 Å². The molecule has 0 saturated carbocycles. The minimum Gasteiger partial charge on any atom is -0.496 e. The third-order valence-corrected chi connectivity index (χ3v) is 4.24. The number of carbonyl (C=O) groups is 1. The quantitative estimate of drug-likeness (QED) is 0.576. The molecule has 0 atom stereocenters. The lowest BCUT2D eigenvalue weighted by Crippen LogP contribution is -2.12. The molecule has 3 rings (SSSR count). The molecular weight excluding hydrogens is 370 g/mol. The van der Waals surface area contributed by atoms with Gasteiger partial charge in [-0.1, -0.05) is 13.8 Å². The van der Waals surface area contributed by atoms with E-state index in [1.54, 1.807) is 61.7 Å². The van der Waals surface area contributed by atoms with Crippen LogP contribution in [-0.4, -0.2) is 24.7 Å². The van der Waals surface area contributed by atoms with Crippen molar-refractivity contribution in [3.63, 3.8) is 0 Å². The van der Waals surface area contributed by atoms with E-state index < -0.39 is 0 Å². The Balaban J connectivity index is 1.75. The zero-order valence-electron chi connectivity index (χ0n) is 16.8. The fraction of sp³-hybridized carbons (Fsp3) is 0.261. The van der Waals surface area contributed by atoms with Crippen LogP contribution in [0.1, 0.15) is 30.0 Å². The van der Waals surface area contributed by atoms with E-state index in [4.69, 9.17) is 13.9 Å². The molecule has 0 saturated heterocycles. The normalized spacial score (nSPS) is 10.8. The summed E-state index contributed by atoms with van der Waals surface area (Å²) in [5, 5.41) is 12.1. The summed E-state index contributed by atoms with van der Waals surface area (Å²) in [6, 6.07) is 15.8. The third kappa shape index (κ3) is 5.18. The van der Waals surface area contributed by atoms with E-state index in [-0.39, 0.29) is 12.5 Å². The van der Waals surface area contributed by atoms with Gasteiger partial charge in [0.25, 0.3) is 5.91 Å². The van der Waals surface area contributed by atoms with Crippen LogP contribution in [0.25, 0.3) is 11.3 Å². The van der Waals surface area contributed by atoms with Gasteiger partial charge >= 0.3 is 0 Å². The van der Waals surface area contributed by atoms with Crippen LogP contribution < -0.4 is 14.8 Å². The van der Waals surface area contributed by atoms with Crippen molar-refractivity contribution in [2.75, 3.05) is 19.0 Å². The molecule has 1 amide bonds. The van der Waals surface area contributed by atoms with E-state index >= 15 is 0 Å². The highest BCUT2D eigenvalue weighted by molar-refractivity contribution is 6.04. The Hall–Kier alpha value is -3.25. The van der Waals surface area contributed by atoms with Crippen molar-refractivity contribution in [3.05, 3.63) is 65.9 Å². The van der Waals surface area contributed by atoms with Gasteiger partial charge in [0.15, 0.2) is 0 Å². The average Bonchev–Trinajstić information content (AvgIpc) is 3.21. The van der Waals surface area contributed by atoms with E-state index in [0.717, 1.165) is 5.75 Å². The van der Waals surface area contributed by atoms with Gasteiger partial charge in [0.1, 0.15) is 29.6 Å². The maximum atomic E-state index is 12.6. The maximum Gasteiger partial charge on any atom is 0.255 e. The van der Waals surface area contributed by atoms with Gasteiger partial charge < -0.3 is 24.3 Å². The highest BCUT2D eigenvalue weighted by atomic mass is 16.5. The number of hydrogen-bond donors (Lipinski definition) is 2. The molecular formula is C23H25NO5. The Bertz CT molecular complexity index is 960. The number of hydrogen-bond acceptors (Lipinski definition) is 5. The molecule has 152 valence electrons. The first-order chi connectivity index (χ1) is 14.0. The molecule has 0 radical (unpaired) electrons. The lowest BCUT2D eigenvalue weighted by atomic mass is 10.1. The average molecular weight is 395 g/mol. The molecule has 3 aromatic rings. The molecule has 29 heavy (non-hydrogen) atoms. The van der Waals surface area contributed by atoms with Crippen molar-refractivity contribution in [2.45, 2.75) is 20.5 Å². The summed E-state index contributed by atoms with van der Waals surface area (Å²) in [6.07, 6.45) is 0. The molecule has 0 aliphatic carbocycles. The van der Waals surface area contributed by atoms with Gasteiger partial charge in [-0.15, -0.1) is 0 Å². The summed E-state index contributed by atoms with van der Waals surface area (Å²) < 4.78 is 16.6. The van der Waals surface area contributed by atoms with Crippen molar-refractivity contribution in [1.29, 1.82) is 0 Å². The molecule has 6 nitrogen and oxygen atoms in total. The second-order valence-electron chi connectivity index (χ2n) is 7.02. The van der Waals surface area contributed by atoms with E-state index in [1.807, 2.05) is 0 Å². The Morgan fingerprint density at radius 1 is 1.10 bits per heavy atom. The van der Waals surface area contributed by atoms with E-state index in [2.05, 4.69) is 19.2 Å². The largest absolute Gasteiger partial charge is 0.496 e. The Morgan fingerprint density at radius 2 is 1.86 bits per heavy atom. The maximum absolute atomic E-state index is 12.6. The second-order valence-corrected chi connectivity index (χ2v) is 7.02. The van der Waals surface area contributed by atoms with Gasteiger partial charge in [0.2, 0.25) is 0 Å². The second kappa shape index (κ2) is 9.30. The van der Waals surface area contributed by atoms with Crippen molar-refractivity contribution >= 4 is 11.6 Å². The zero-order chi connectivity index (χ0) is 20.8. The third-order valence-electron chi connectivity index (χ3n) is 4.24. The van der Waals surface area contributed by atoms with Crippen LogP contribution in [0, 0.1) is 5.92 Å². The lowest BCUT2D eigenvalue weighted by Gasteiger charge is -2.11. The van der Waals surface area contributed by atoms with Crippen LogP contribution in [-0.2, 0) is 6.61 Å². The van der Waals surface area contributed by atoms with Crippen molar-refractivity contribution in [3.8, 4) is 22.8 Å². The monoisotopic (exact) mass is 395 g/mol. The van der Waals surface area contributed by atoms with Gasteiger partial charge in [0.05, 0.1) is 19.3 Å². The molecule has 0 aliphatic heterocycles. The molecule has 1 aromatic heterocycles. The first-order valence-corrected chi connectivity index (χ1v) is 9.42.